The van der Waals surface area contributed by atoms with Crippen LogP contribution in [0.25, 0.3) is 0 Å². The number of nitrogens with one attached hydrogen (secondary N) is 2. The van der Waals surface area contributed by atoms with Gasteiger partial charge in [-0.15, -0.1) is 0 Å². The third kappa shape index (κ3) is 3.68. The molecule has 0 aliphatic rings. The summed E-state index contributed by atoms with van der Waals surface area (Å²) < 4.78 is 0. The summed E-state index contributed by atoms with van der Waals surface area (Å²) in [5.74, 6) is -0.0664. The fraction of sp³-hybridized carbons (Fsp3) is 0.100. The zero-order valence-electron chi connectivity index (χ0n) is 14.4. The van der Waals surface area contributed by atoms with Gasteiger partial charge in [0.25, 0.3) is 5.91 Å². The van der Waals surface area contributed by atoms with Crippen LogP contribution in [0.3, 0.4) is 0 Å². The molecule has 0 saturated carbocycles. The second kappa shape index (κ2) is 7.45. The molecule has 2 N–H and O–H groups in total. The van der Waals surface area contributed by atoms with Crippen molar-refractivity contribution in [2.45, 2.75) is 13.8 Å². The number of hydrogen-bond donors (Lipinski definition) is 2. The summed E-state index contributed by atoms with van der Waals surface area (Å²) in [6.07, 6.45) is 1.50. The van der Waals surface area contributed by atoms with Gasteiger partial charge in [-0.3, -0.25) is 4.79 Å². The van der Waals surface area contributed by atoms with Crippen molar-refractivity contribution in [2.75, 3.05) is 10.6 Å². The lowest BCUT2D eigenvalue weighted by Crippen LogP contribution is -2.16. The van der Waals surface area contributed by atoms with Crippen molar-refractivity contribution in [3.63, 3.8) is 0 Å². The molecular formula is C20H17N5O. The van der Waals surface area contributed by atoms with Crippen molar-refractivity contribution in [3.8, 4) is 6.07 Å². The molecule has 3 rings (SSSR count). The van der Waals surface area contributed by atoms with Crippen LogP contribution in [0.5, 0.6) is 0 Å². The first-order valence-electron chi connectivity index (χ1n) is 8.05. The standard InChI is InChI=1S/C20H17N5O/c1-13-6-5-7-14(2)18(13)25-19(26)17-10-11-22-20(24-17)23-16-9-4-3-8-15(16)12-21/h3-11H,1-2H3,(H,25,26)(H,22,23,24). The zero-order valence-corrected chi connectivity index (χ0v) is 14.4. The number of rotatable bonds is 4. The molecule has 128 valence electrons. The van der Waals surface area contributed by atoms with Gasteiger partial charge >= 0.3 is 0 Å². The molecule has 0 saturated heterocycles. The van der Waals surface area contributed by atoms with Crippen LogP contribution in [0.1, 0.15) is 27.2 Å². The molecule has 3 aromatic rings. The van der Waals surface area contributed by atoms with Crippen molar-refractivity contribution in [1.29, 1.82) is 5.26 Å². The van der Waals surface area contributed by atoms with Gasteiger partial charge in [-0.05, 0) is 43.2 Å². The van der Waals surface area contributed by atoms with Crippen molar-refractivity contribution < 1.29 is 4.79 Å². The number of aryl methyl sites for hydroxylation is 2. The smallest absolute Gasteiger partial charge is 0.274 e. The van der Waals surface area contributed by atoms with E-state index in [9.17, 15) is 4.79 Å². The van der Waals surface area contributed by atoms with Gasteiger partial charge in [-0.25, -0.2) is 9.97 Å². The molecule has 0 aliphatic heterocycles. The summed E-state index contributed by atoms with van der Waals surface area (Å²) in [5.41, 5.74) is 4.03. The van der Waals surface area contributed by atoms with Crippen LogP contribution in [0, 0.1) is 25.2 Å². The fourth-order valence-corrected chi connectivity index (χ4v) is 2.54. The Hall–Kier alpha value is -3.72. The van der Waals surface area contributed by atoms with E-state index in [2.05, 4.69) is 26.7 Å². The Morgan fingerprint density at radius 2 is 1.77 bits per heavy atom. The van der Waals surface area contributed by atoms with Gasteiger partial charge in [0.15, 0.2) is 0 Å². The largest absolute Gasteiger partial charge is 0.323 e. The molecule has 2 aromatic carbocycles. The minimum atomic E-state index is -0.318. The maximum Gasteiger partial charge on any atom is 0.274 e. The summed E-state index contributed by atoms with van der Waals surface area (Å²) >= 11 is 0. The monoisotopic (exact) mass is 343 g/mol. The minimum Gasteiger partial charge on any atom is -0.323 e. The molecule has 0 fully saturated rings. The van der Waals surface area contributed by atoms with Crippen LogP contribution in [-0.4, -0.2) is 15.9 Å². The SMILES string of the molecule is Cc1cccc(C)c1NC(=O)c1ccnc(Nc2ccccc2C#N)n1. The summed E-state index contributed by atoms with van der Waals surface area (Å²) in [7, 11) is 0. The predicted molar refractivity (Wildman–Crippen MR) is 100 cm³/mol. The van der Waals surface area contributed by atoms with Crippen LogP contribution in [-0.2, 0) is 0 Å². The molecule has 1 amide bonds. The van der Waals surface area contributed by atoms with Crippen molar-refractivity contribution in [1.82, 2.24) is 9.97 Å². The van der Waals surface area contributed by atoms with Crippen molar-refractivity contribution >= 4 is 23.2 Å². The topological polar surface area (TPSA) is 90.7 Å². The lowest BCUT2D eigenvalue weighted by molar-refractivity contribution is 0.102. The maximum absolute atomic E-state index is 12.6. The van der Waals surface area contributed by atoms with E-state index in [1.165, 1.54) is 6.20 Å². The Balaban J connectivity index is 1.83. The van der Waals surface area contributed by atoms with Gasteiger partial charge in [-0.1, -0.05) is 30.3 Å². The normalized spacial score (nSPS) is 10.0. The summed E-state index contributed by atoms with van der Waals surface area (Å²) in [6.45, 7) is 3.88. The highest BCUT2D eigenvalue weighted by Crippen LogP contribution is 2.21. The van der Waals surface area contributed by atoms with E-state index in [0.717, 1.165) is 16.8 Å². The number of nitriles is 1. The highest BCUT2D eigenvalue weighted by Gasteiger charge is 2.12. The van der Waals surface area contributed by atoms with E-state index >= 15 is 0 Å². The first kappa shape index (κ1) is 17.1. The van der Waals surface area contributed by atoms with Crippen LogP contribution in [0.2, 0.25) is 0 Å². The molecule has 6 heteroatoms. The number of amides is 1. The van der Waals surface area contributed by atoms with E-state index in [4.69, 9.17) is 5.26 Å². The maximum atomic E-state index is 12.6. The third-order valence-corrected chi connectivity index (χ3v) is 3.90. The second-order valence-corrected chi connectivity index (χ2v) is 5.77. The molecule has 0 radical (unpaired) electrons. The van der Waals surface area contributed by atoms with Gasteiger partial charge in [0, 0.05) is 11.9 Å². The third-order valence-electron chi connectivity index (χ3n) is 3.90. The molecule has 1 heterocycles. The molecule has 6 nitrogen and oxygen atoms in total. The number of anilines is 3. The van der Waals surface area contributed by atoms with Crippen LogP contribution < -0.4 is 10.6 Å². The molecule has 0 unspecified atom stereocenters. The Labute approximate surface area is 151 Å². The number of para-hydroxylation sites is 2. The van der Waals surface area contributed by atoms with Gasteiger partial charge in [0.2, 0.25) is 5.95 Å². The van der Waals surface area contributed by atoms with Gasteiger partial charge in [0.1, 0.15) is 11.8 Å². The van der Waals surface area contributed by atoms with Crippen molar-refractivity contribution in [3.05, 3.63) is 77.1 Å². The molecule has 0 bridgehead atoms. The molecule has 0 atom stereocenters. The summed E-state index contributed by atoms with van der Waals surface area (Å²) in [5, 5.41) is 15.0. The highest BCUT2D eigenvalue weighted by molar-refractivity contribution is 6.03. The van der Waals surface area contributed by atoms with Crippen LogP contribution >= 0.6 is 0 Å². The Bertz CT molecular complexity index is 987. The Morgan fingerprint density at radius 1 is 1.04 bits per heavy atom. The van der Waals surface area contributed by atoms with Gasteiger partial charge < -0.3 is 10.6 Å². The number of hydrogen-bond acceptors (Lipinski definition) is 5. The van der Waals surface area contributed by atoms with E-state index in [-0.39, 0.29) is 17.5 Å². The second-order valence-electron chi connectivity index (χ2n) is 5.77. The van der Waals surface area contributed by atoms with E-state index in [1.54, 1.807) is 30.3 Å². The van der Waals surface area contributed by atoms with E-state index in [0.29, 0.717) is 11.3 Å². The summed E-state index contributed by atoms with van der Waals surface area (Å²) in [4.78, 5) is 20.9. The van der Waals surface area contributed by atoms with Crippen LogP contribution in [0.15, 0.2) is 54.7 Å². The Morgan fingerprint density at radius 3 is 2.50 bits per heavy atom. The summed E-state index contributed by atoms with van der Waals surface area (Å²) in [6, 6.07) is 16.5. The first-order chi connectivity index (χ1) is 12.6. The number of benzene rings is 2. The lowest BCUT2D eigenvalue weighted by atomic mass is 10.1. The highest BCUT2D eigenvalue weighted by atomic mass is 16.1. The van der Waals surface area contributed by atoms with E-state index < -0.39 is 0 Å². The number of aromatic nitrogens is 2. The average molecular weight is 343 g/mol. The first-order valence-corrected chi connectivity index (χ1v) is 8.05. The average Bonchev–Trinajstić information content (AvgIpc) is 2.65. The molecule has 26 heavy (non-hydrogen) atoms. The van der Waals surface area contributed by atoms with E-state index in [1.807, 2.05) is 32.0 Å². The molecule has 0 spiro atoms. The lowest BCUT2D eigenvalue weighted by Gasteiger charge is -2.12. The predicted octanol–water partition coefficient (Wildman–Crippen LogP) is 3.96. The number of carbonyl (C=O) groups is 1. The van der Waals surface area contributed by atoms with Gasteiger partial charge in [-0.2, -0.15) is 5.26 Å². The molecule has 1 aromatic heterocycles. The fourth-order valence-electron chi connectivity index (χ4n) is 2.54. The molecule has 0 aliphatic carbocycles. The Kier molecular flexibility index (Phi) is 4.90. The number of nitrogens with zero attached hydrogens (tertiary/aromatic N) is 3. The quantitative estimate of drug-likeness (QED) is 0.748. The number of carbonyl (C=O) groups excluding carboxylic acids is 1. The van der Waals surface area contributed by atoms with Crippen molar-refractivity contribution in [2.24, 2.45) is 0 Å². The van der Waals surface area contributed by atoms with Crippen LogP contribution in [0.4, 0.5) is 17.3 Å². The minimum absolute atomic E-state index is 0.236. The zero-order chi connectivity index (χ0) is 18.5. The van der Waals surface area contributed by atoms with Gasteiger partial charge in [0.05, 0.1) is 11.3 Å². The molecular weight excluding hydrogens is 326 g/mol.